The van der Waals surface area contributed by atoms with Crippen molar-refractivity contribution in [2.24, 2.45) is 0 Å². The van der Waals surface area contributed by atoms with Crippen LogP contribution in [0.15, 0.2) is 22.6 Å². The van der Waals surface area contributed by atoms with Gasteiger partial charge in [0.2, 0.25) is 0 Å². The molecule has 0 aliphatic carbocycles. The number of ether oxygens (including phenoxy) is 2. The zero-order valence-electron chi connectivity index (χ0n) is 11.8. The smallest absolute Gasteiger partial charge is 0.135 e. The van der Waals surface area contributed by atoms with Crippen molar-refractivity contribution in [2.45, 2.75) is 26.5 Å². The maximum absolute atomic E-state index is 5.85. The molecule has 0 bridgehead atoms. The Balaban J connectivity index is 2.40. The van der Waals surface area contributed by atoms with Gasteiger partial charge >= 0.3 is 0 Å². The number of fused-ring (bicyclic) bond motifs is 1. The molecule has 0 fully saturated rings. The highest BCUT2D eigenvalue weighted by atomic mass is 16.5. The number of hydrogen-bond donors (Lipinski definition) is 1. The zero-order chi connectivity index (χ0) is 13.7. The van der Waals surface area contributed by atoms with E-state index in [4.69, 9.17) is 13.9 Å². The lowest BCUT2D eigenvalue weighted by Crippen LogP contribution is -2.06. The van der Waals surface area contributed by atoms with Crippen LogP contribution in [0.2, 0.25) is 0 Å². The van der Waals surface area contributed by atoms with Crippen LogP contribution < -0.4 is 10.1 Å². The highest BCUT2D eigenvalue weighted by Crippen LogP contribution is 2.30. The molecule has 0 unspecified atom stereocenters. The van der Waals surface area contributed by atoms with Gasteiger partial charge in [-0.15, -0.1) is 0 Å². The molecule has 0 atom stereocenters. The Labute approximate surface area is 113 Å². The molecule has 1 aromatic carbocycles. The van der Waals surface area contributed by atoms with E-state index in [-0.39, 0.29) is 0 Å². The number of rotatable bonds is 7. The molecule has 4 heteroatoms. The molecule has 2 aromatic rings. The molecule has 4 nitrogen and oxygen atoms in total. The standard InChI is InChI=1S/C15H21NO3/c1-4-7-18-11-5-6-14-12(8-11)13(10-17-3)15(19-14)9-16-2/h5-6,8,16H,4,7,9-10H2,1-3H3. The number of nitrogens with one attached hydrogen (secondary N) is 1. The maximum Gasteiger partial charge on any atom is 0.135 e. The molecule has 0 saturated carbocycles. The van der Waals surface area contributed by atoms with Crippen LogP contribution in [0.5, 0.6) is 5.75 Å². The van der Waals surface area contributed by atoms with E-state index in [1.165, 1.54) is 0 Å². The first-order chi connectivity index (χ1) is 9.30. The predicted octanol–water partition coefficient (Wildman–Crippen LogP) is 3.09. The fourth-order valence-electron chi connectivity index (χ4n) is 2.09. The monoisotopic (exact) mass is 263 g/mol. The molecule has 1 N–H and O–H groups in total. The van der Waals surface area contributed by atoms with Crippen molar-refractivity contribution >= 4 is 11.0 Å². The summed E-state index contributed by atoms with van der Waals surface area (Å²) in [5, 5.41) is 4.18. The Hall–Kier alpha value is -1.52. The summed E-state index contributed by atoms with van der Waals surface area (Å²) in [6, 6.07) is 5.93. The largest absolute Gasteiger partial charge is 0.494 e. The van der Waals surface area contributed by atoms with E-state index in [0.717, 1.165) is 41.1 Å². The Morgan fingerprint density at radius 3 is 2.84 bits per heavy atom. The second kappa shape index (κ2) is 6.59. The lowest BCUT2D eigenvalue weighted by atomic mass is 10.1. The van der Waals surface area contributed by atoms with Crippen molar-refractivity contribution in [1.29, 1.82) is 0 Å². The highest BCUT2D eigenvalue weighted by molar-refractivity contribution is 5.83. The molecular weight excluding hydrogens is 242 g/mol. The van der Waals surface area contributed by atoms with Crippen LogP contribution >= 0.6 is 0 Å². The van der Waals surface area contributed by atoms with Gasteiger partial charge in [0, 0.05) is 18.1 Å². The van der Waals surface area contributed by atoms with E-state index in [1.54, 1.807) is 7.11 Å². The summed E-state index contributed by atoms with van der Waals surface area (Å²) in [6.07, 6.45) is 0.999. The summed E-state index contributed by atoms with van der Waals surface area (Å²) in [5.74, 6) is 1.80. The Morgan fingerprint density at radius 2 is 2.16 bits per heavy atom. The van der Waals surface area contributed by atoms with Crippen molar-refractivity contribution in [3.8, 4) is 5.75 Å². The Bertz CT molecular complexity index is 533. The molecule has 104 valence electrons. The summed E-state index contributed by atoms with van der Waals surface area (Å²) in [7, 11) is 3.60. The van der Waals surface area contributed by atoms with Crippen molar-refractivity contribution in [1.82, 2.24) is 5.32 Å². The topological polar surface area (TPSA) is 43.6 Å². The molecule has 0 aliphatic heterocycles. The molecule has 2 rings (SSSR count). The first-order valence-corrected chi connectivity index (χ1v) is 6.60. The van der Waals surface area contributed by atoms with Gasteiger partial charge in [0.05, 0.1) is 19.8 Å². The predicted molar refractivity (Wildman–Crippen MR) is 75.5 cm³/mol. The van der Waals surface area contributed by atoms with Crippen molar-refractivity contribution in [2.75, 3.05) is 20.8 Å². The van der Waals surface area contributed by atoms with E-state index in [1.807, 2.05) is 25.2 Å². The number of benzene rings is 1. The van der Waals surface area contributed by atoms with Crippen LogP contribution in [-0.2, 0) is 17.9 Å². The van der Waals surface area contributed by atoms with E-state index >= 15 is 0 Å². The van der Waals surface area contributed by atoms with Gasteiger partial charge in [0.15, 0.2) is 0 Å². The molecule has 0 amide bonds. The SMILES string of the molecule is CCCOc1ccc2oc(CNC)c(COC)c2c1. The number of furan rings is 1. The normalized spacial score (nSPS) is 11.1. The molecule has 19 heavy (non-hydrogen) atoms. The minimum Gasteiger partial charge on any atom is -0.494 e. The Kier molecular flexibility index (Phi) is 4.82. The van der Waals surface area contributed by atoms with Crippen LogP contribution in [0.4, 0.5) is 0 Å². The molecule has 0 aliphatic rings. The van der Waals surface area contributed by atoms with Gasteiger partial charge in [-0.3, -0.25) is 0 Å². The van der Waals surface area contributed by atoms with Gasteiger partial charge in [-0.1, -0.05) is 6.92 Å². The third kappa shape index (κ3) is 3.08. The van der Waals surface area contributed by atoms with E-state index in [9.17, 15) is 0 Å². The van der Waals surface area contributed by atoms with E-state index < -0.39 is 0 Å². The zero-order valence-corrected chi connectivity index (χ0v) is 11.8. The quantitative estimate of drug-likeness (QED) is 0.833. The second-order valence-corrected chi connectivity index (χ2v) is 4.47. The van der Waals surface area contributed by atoms with Crippen LogP contribution in [0, 0.1) is 0 Å². The first kappa shape index (κ1) is 13.9. The van der Waals surface area contributed by atoms with Crippen molar-refractivity contribution in [3.63, 3.8) is 0 Å². The molecule has 0 saturated heterocycles. The average molecular weight is 263 g/mol. The summed E-state index contributed by atoms with van der Waals surface area (Å²) in [5.41, 5.74) is 1.97. The summed E-state index contributed by atoms with van der Waals surface area (Å²) >= 11 is 0. The Morgan fingerprint density at radius 1 is 1.32 bits per heavy atom. The van der Waals surface area contributed by atoms with Gasteiger partial charge in [0.1, 0.15) is 17.1 Å². The minimum absolute atomic E-state index is 0.543. The van der Waals surface area contributed by atoms with Gasteiger partial charge in [-0.05, 0) is 31.7 Å². The first-order valence-electron chi connectivity index (χ1n) is 6.60. The molecular formula is C15H21NO3. The van der Waals surface area contributed by atoms with Crippen LogP contribution in [-0.4, -0.2) is 20.8 Å². The lowest BCUT2D eigenvalue weighted by molar-refractivity contribution is 0.183. The van der Waals surface area contributed by atoms with Crippen molar-refractivity contribution < 1.29 is 13.9 Å². The van der Waals surface area contributed by atoms with Crippen LogP contribution in [0.25, 0.3) is 11.0 Å². The number of methoxy groups -OCH3 is 1. The summed E-state index contributed by atoms with van der Waals surface area (Å²) in [4.78, 5) is 0. The van der Waals surface area contributed by atoms with Gasteiger partial charge in [0.25, 0.3) is 0 Å². The average Bonchev–Trinajstić information content (AvgIpc) is 2.75. The maximum atomic E-state index is 5.85. The van der Waals surface area contributed by atoms with E-state index in [2.05, 4.69) is 12.2 Å². The third-order valence-corrected chi connectivity index (χ3v) is 2.94. The van der Waals surface area contributed by atoms with Crippen LogP contribution in [0.1, 0.15) is 24.7 Å². The second-order valence-electron chi connectivity index (χ2n) is 4.47. The van der Waals surface area contributed by atoms with E-state index in [0.29, 0.717) is 13.2 Å². The van der Waals surface area contributed by atoms with Crippen molar-refractivity contribution in [3.05, 3.63) is 29.5 Å². The summed E-state index contributed by atoms with van der Waals surface area (Å²) in [6.45, 7) is 4.06. The van der Waals surface area contributed by atoms with Crippen LogP contribution in [0.3, 0.4) is 0 Å². The molecule has 1 aromatic heterocycles. The fraction of sp³-hybridized carbons (Fsp3) is 0.467. The van der Waals surface area contributed by atoms with Gasteiger partial charge in [-0.2, -0.15) is 0 Å². The van der Waals surface area contributed by atoms with Gasteiger partial charge < -0.3 is 19.2 Å². The lowest BCUT2D eigenvalue weighted by Gasteiger charge is -2.04. The minimum atomic E-state index is 0.543. The molecule has 1 heterocycles. The summed E-state index contributed by atoms with van der Waals surface area (Å²) < 4.78 is 16.8. The highest BCUT2D eigenvalue weighted by Gasteiger charge is 2.14. The van der Waals surface area contributed by atoms with Gasteiger partial charge in [-0.25, -0.2) is 0 Å². The number of hydrogen-bond acceptors (Lipinski definition) is 4. The third-order valence-electron chi connectivity index (χ3n) is 2.94. The fourth-order valence-corrected chi connectivity index (χ4v) is 2.09. The molecule has 0 radical (unpaired) electrons. The molecule has 0 spiro atoms.